The number of esters is 1. The molecule has 0 saturated heterocycles. The second kappa shape index (κ2) is 8.57. The summed E-state index contributed by atoms with van der Waals surface area (Å²) in [4.78, 5) is 30.9. The number of hydrogen-bond donors (Lipinski definition) is 1. The van der Waals surface area contributed by atoms with Crippen LogP contribution in [0.3, 0.4) is 0 Å². The first-order chi connectivity index (χ1) is 13.0. The van der Waals surface area contributed by atoms with Crippen molar-refractivity contribution >= 4 is 11.9 Å². The lowest BCUT2D eigenvalue weighted by Crippen LogP contribution is -2.39. The molecular weight excluding hydrogens is 353 g/mol. The van der Waals surface area contributed by atoms with Gasteiger partial charge in [0, 0.05) is 18.5 Å². The molecule has 1 aliphatic carbocycles. The number of amides is 1. The number of hydrogen-bond acceptors (Lipinski definition) is 6. The molecule has 2 aromatic rings. The molecular formula is C19H20FN3O4. The Morgan fingerprint density at radius 1 is 1.07 bits per heavy atom. The van der Waals surface area contributed by atoms with E-state index in [2.05, 4.69) is 15.3 Å². The molecule has 1 fully saturated rings. The van der Waals surface area contributed by atoms with Crippen LogP contribution in [0.1, 0.15) is 43.0 Å². The molecule has 7 nitrogen and oxygen atoms in total. The van der Waals surface area contributed by atoms with E-state index in [9.17, 15) is 14.0 Å². The van der Waals surface area contributed by atoms with Crippen LogP contribution >= 0.6 is 0 Å². The Morgan fingerprint density at radius 3 is 2.30 bits per heavy atom. The summed E-state index contributed by atoms with van der Waals surface area (Å²) >= 11 is 0. The monoisotopic (exact) mass is 373 g/mol. The third-order valence-electron chi connectivity index (χ3n) is 4.26. The van der Waals surface area contributed by atoms with Gasteiger partial charge in [0.05, 0.1) is 12.4 Å². The SMILES string of the molecule is CC(=O)Oc1ccc(C(=O)NC2CCC(Oc3ncc(F)cn3)CC2)cc1. The number of carbonyl (C=O) groups excluding carboxylic acids is 2. The number of nitrogens with zero attached hydrogens (tertiary/aromatic N) is 2. The number of rotatable bonds is 5. The maximum absolute atomic E-state index is 12.8. The van der Waals surface area contributed by atoms with E-state index in [0.717, 1.165) is 38.1 Å². The highest BCUT2D eigenvalue weighted by Crippen LogP contribution is 2.22. The number of ether oxygens (including phenoxy) is 2. The van der Waals surface area contributed by atoms with E-state index < -0.39 is 11.8 Å². The third kappa shape index (κ3) is 5.47. The van der Waals surface area contributed by atoms with Gasteiger partial charge in [-0.1, -0.05) is 0 Å². The van der Waals surface area contributed by atoms with Crippen LogP contribution < -0.4 is 14.8 Å². The lowest BCUT2D eigenvalue weighted by Gasteiger charge is -2.28. The molecule has 0 spiro atoms. The Morgan fingerprint density at radius 2 is 1.70 bits per heavy atom. The van der Waals surface area contributed by atoms with Gasteiger partial charge in [-0.05, 0) is 49.9 Å². The second-order valence-corrected chi connectivity index (χ2v) is 6.37. The molecule has 1 aromatic heterocycles. The van der Waals surface area contributed by atoms with Crippen molar-refractivity contribution in [2.75, 3.05) is 0 Å². The molecule has 1 N–H and O–H groups in total. The molecule has 0 atom stereocenters. The maximum atomic E-state index is 12.8. The zero-order valence-electron chi connectivity index (χ0n) is 14.9. The molecule has 142 valence electrons. The quantitative estimate of drug-likeness (QED) is 0.640. The summed E-state index contributed by atoms with van der Waals surface area (Å²) in [5.41, 5.74) is 0.504. The molecule has 0 radical (unpaired) electrons. The van der Waals surface area contributed by atoms with Gasteiger partial charge < -0.3 is 14.8 Å². The average molecular weight is 373 g/mol. The van der Waals surface area contributed by atoms with Crippen LogP contribution in [0.15, 0.2) is 36.7 Å². The third-order valence-corrected chi connectivity index (χ3v) is 4.26. The molecule has 1 aliphatic rings. The van der Waals surface area contributed by atoms with Gasteiger partial charge in [0.2, 0.25) is 0 Å². The lowest BCUT2D eigenvalue weighted by molar-refractivity contribution is -0.131. The number of benzene rings is 1. The van der Waals surface area contributed by atoms with Crippen molar-refractivity contribution in [3.8, 4) is 11.8 Å². The summed E-state index contributed by atoms with van der Waals surface area (Å²) in [6, 6.07) is 6.63. The van der Waals surface area contributed by atoms with Gasteiger partial charge in [0.1, 0.15) is 11.9 Å². The standard InChI is InChI=1S/C19H20FN3O4/c1-12(24)26-16-6-2-13(3-7-16)18(25)23-15-4-8-17(9-5-15)27-19-21-10-14(20)11-22-19/h2-3,6-7,10-11,15,17H,4-5,8-9H2,1H3,(H,23,25). The lowest BCUT2D eigenvalue weighted by atomic mass is 9.92. The summed E-state index contributed by atoms with van der Waals surface area (Å²) in [6.07, 6.45) is 5.12. The Labute approximate surface area is 155 Å². The van der Waals surface area contributed by atoms with Crippen LogP contribution in [0.5, 0.6) is 11.8 Å². The number of carbonyl (C=O) groups is 2. The van der Waals surface area contributed by atoms with Crippen molar-refractivity contribution in [1.29, 1.82) is 0 Å². The smallest absolute Gasteiger partial charge is 0.316 e. The van der Waals surface area contributed by atoms with Crippen molar-refractivity contribution in [3.05, 3.63) is 48.0 Å². The summed E-state index contributed by atoms with van der Waals surface area (Å²) in [5, 5.41) is 3.00. The molecule has 3 rings (SSSR count). The zero-order valence-corrected chi connectivity index (χ0v) is 14.9. The van der Waals surface area contributed by atoms with Crippen LogP contribution in [0.2, 0.25) is 0 Å². The fraction of sp³-hybridized carbons (Fsp3) is 0.368. The van der Waals surface area contributed by atoms with Gasteiger partial charge in [0.15, 0.2) is 5.82 Å². The Kier molecular flexibility index (Phi) is 5.95. The zero-order chi connectivity index (χ0) is 19.2. The summed E-state index contributed by atoms with van der Waals surface area (Å²) < 4.78 is 23.4. The number of halogens is 1. The first-order valence-electron chi connectivity index (χ1n) is 8.73. The highest BCUT2D eigenvalue weighted by Gasteiger charge is 2.24. The predicted octanol–water partition coefficient (Wildman–Crippen LogP) is 2.66. The van der Waals surface area contributed by atoms with Gasteiger partial charge in [-0.2, -0.15) is 0 Å². The van der Waals surface area contributed by atoms with Gasteiger partial charge in [-0.25, -0.2) is 14.4 Å². The summed E-state index contributed by atoms with van der Waals surface area (Å²) in [5.74, 6) is -0.679. The van der Waals surface area contributed by atoms with Gasteiger partial charge in [-0.15, -0.1) is 0 Å². The first kappa shape index (κ1) is 18.8. The number of aromatic nitrogens is 2. The van der Waals surface area contributed by atoms with Crippen LogP contribution in [0.25, 0.3) is 0 Å². The van der Waals surface area contributed by atoms with Crippen LogP contribution in [-0.2, 0) is 4.79 Å². The van der Waals surface area contributed by atoms with Crippen LogP contribution in [-0.4, -0.2) is 34.0 Å². The summed E-state index contributed by atoms with van der Waals surface area (Å²) in [6.45, 7) is 1.32. The van der Waals surface area contributed by atoms with E-state index in [4.69, 9.17) is 9.47 Å². The van der Waals surface area contributed by atoms with E-state index in [1.165, 1.54) is 6.92 Å². The van der Waals surface area contributed by atoms with E-state index in [1.54, 1.807) is 24.3 Å². The summed E-state index contributed by atoms with van der Waals surface area (Å²) in [7, 11) is 0. The fourth-order valence-electron chi connectivity index (χ4n) is 2.94. The topological polar surface area (TPSA) is 90.4 Å². The Hall–Kier alpha value is -3.03. The van der Waals surface area contributed by atoms with E-state index in [1.807, 2.05) is 0 Å². The maximum Gasteiger partial charge on any atom is 0.316 e. The van der Waals surface area contributed by atoms with Gasteiger partial charge in [0.25, 0.3) is 5.91 Å². The molecule has 0 aliphatic heterocycles. The molecule has 1 amide bonds. The molecule has 0 bridgehead atoms. The van der Waals surface area contributed by atoms with Gasteiger partial charge in [-0.3, -0.25) is 9.59 Å². The normalized spacial score (nSPS) is 19.2. The molecule has 1 aromatic carbocycles. The van der Waals surface area contributed by atoms with Gasteiger partial charge >= 0.3 is 12.0 Å². The van der Waals surface area contributed by atoms with Crippen molar-refractivity contribution < 1.29 is 23.5 Å². The fourth-order valence-corrected chi connectivity index (χ4v) is 2.94. The van der Waals surface area contributed by atoms with E-state index >= 15 is 0 Å². The minimum absolute atomic E-state index is 0.0494. The van der Waals surface area contributed by atoms with Crippen molar-refractivity contribution in [3.63, 3.8) is 0 Å². The Balaban J connectivity index is 1.46. The molecule has 0 unspecified atom stereocenters. The minimum atomic E-state index is -0.505. The predicted molar refractivity (Wildman–Crippen MR) is 93.9 cm³/mol. The molecule has 8 heteroatoms. The average Bonchev–Trinajstić information content (AvgIpc) is 2.65. The molecule has 1 heterocycles. The van der Waals surface area contributed by atoms with Crippen LogP contribution in [0.4, 0.5) is 4.39 Å². The highest BCUT2D eigenvalue weighted by atomic mass is 19.1. The van der Waals surface area contributed by atoms with E-state index in [0.29, 0.717) is 11.3 Å². The first-order valence-corrected chi connectivity index (χ1v) is 8.73. The largest absolute Gasteiger partial charge is 0.460 e. The van der Waals surface area contributed by atoms with Crippen molar-refractivity contribution in [2.45, 2.75) is 44.8 Å². The second-order valence-electron chi connectivity index (χ2n) is 6.37. The van der Waals surface area contributed by atoms with Crippen molar-refractivity contribution in [2.24, 2.45) is 0 Å². The van der Waals surface area contributed by atoms with Crippen LogP contribution in [0, 0.1) is 5.82 Å². The molecule has 27 heavy (non-hydrogen) atoms. The van der Waals surface area contributed by atoms with Crippen molar-refractivity contribution in [1.82, 2.24) is 15.3 Å². The highest BCUT2D eigenvalue weighted by molar-refractivity contribution is 5.94. The van der Waals surface area contributed by atoms with E-state index in [-0.39, 0.29) is 24.1 Å². The molecule has 1 saturated carbocycles. The minimum Gasteiger partial charge on any atom is -0.460 e. The number of nitrogens with one attached hydrogen (secondary N) is 1. The Bertz CT molecular complexity index is 788.